The summed E-state index contributed by atoms with van der Waals surface area (Å²) in [5.41, 5.74) is 0. The van der Waals surface area contributed by atoms with Gasteiger partial charge in [-0.05, 0) is 38.9 Å². The number of hydrogen-bond acceptors (Lipinski definition) is 4. The minimum atomic E-state index is -0.130. The first kappa shape index (κ1) is 12.8. The molecule has 90 valence electrons. The number of nitrogens with one attached hydrogen (secondary N) is 1. The van der Waals surface area contributed by atoms with Crippen molar-refractivity contribution in [2.45, 2.75) is 32.7 Å². The third-order valence-corrected chi connectivity index (χ3v) is 2.28. The normalized spacial score (nSPS) is 12.4. The van der Waals surface area contributed by atoms with E-state index >= 15 is 0 Å². The van der Waals surface area contributed by atoms with Crippen molar-refractivity contribution in [2.75, 3.05) is 13.2 Å². The molecule has 1 unspecified atom stereocenters. The highest BCUT2D eigenvalue weighted by molar-refractivity contribution is 5.69. The second-order valence-corrected chi connectivity index (χ2v) is 3.60. The van der Waals surface area contributed by atoms with E-state index in [-0.39, 0.29) is 12.0 Å². The summed E-state index contributed by atoms with van der Waals surface area (Å²) >= 11 is 0. The second-order valence-electron chi connectivity index (χ2n) is 3.60. The molecule has 16 heavy (non-hydrogen) atoms. The molecule has 1 rings (SSSR count). The van der Waals surface area contributed by atoms with Crippen LogP contribution in [0, 0.1) is 0 Å². The summed E-state index contributed by atoms with van der Waals surface area (Å²) in [5, 5.41) is 3.28. The van der Waals surface area contributed by atoms with Gasteiger partial charge in [-0.25, -0.2) is 0 Å². The topological polar surface area (TPSA) is 51.5 Å². The zero-order valence-electron chi connectivity index (χ0n) is 9.86. The Morgan fingerprint density at radius 2 is 2.44 bits per heavy atom. The molecule has 4 nitrogen and oxygen atoms in total. The van der Waals surface area contributed by atoms with Gasteiger partial charge in [0.25, 0.3) is 0 Å². The Morgan fingerprint density at radius 3 is 3.06 bits per heavy atom. The Bertz CT molecular complexity index is 295. The highest BCUT2D eigenvalue weighted by Crippen LogP contribution is 2.11. The fourth-order valence-electron chi connectivity index (χ4n) is 1.42. The number of furan rings is 1. The SMILES string of the molecule is CCOC(=O)CCCNC(C)c1ccco1. The van der Waals surface area contributed by atoms with E-state index in [1.807, 2.05) is 26.0 Å². The lowest BCUT2D eigenvalue weighted by Crippen LogP contribution is -2.20. The monoisotopic (exact) mass is 225 g/mol. The van der Waals surface area contributed by atoms with E-state index in [2.05, 4.69) is 5.32 Å². The average Bonchev–Trinajstić information content (AvgIpc) is 2.78. The molecule has 1 atom stereocenters. The van der Waals surface area contributed by atoms with E-state index in [1.54, 1.807) is 6.26 Å². The summed E-state index contributed by atoms with van der Waals surface area (Å²) < 4.78 is 10.1. The van der Waals surface area contributed by atoms with Gasteiger partial charge < -0.3 is 14.5 Å². The van der Waals surface area contributed by atoms with Crippen LogP contribution in [0.3, 0.4) is 0 Å². The van der Waals surface area contributed by atoms with Crippen molar-refractivity contribution < 1.29 is 13.9 Å². The smallest absolute Gasteiger partial charge is 0.305 e. The molecule has 0 bridgehead atoms. The van der Waals surface area contributed by atoms with Crippen LogP contribution in [0.25, 0.3) is 0 Å². The molecule has 0 aliphatic carbocycles. The van der Waals surface area contributed by atoms with Crippen LogP contribution in [-0.2, 0) is 9.53 Å². The van der Waals surface area contributed by atoms with E-state index in [9.17, 15) is 4.79 Å². The standard InChI is InChI=1S/C12H19NO3/c1-3-15-12(14)7-4-8-13-10(2)11-6-5-9-16-11/h5-6,9-10,13H,3-4,7-8H2,1-2H3. The molecule has 0 fully saturated rings. The van der Waals surface area contributed by atoms with Crippen molar-refractivity contribution in [1.29, 1.82) is 0 Å². The predicted molar refractivity (Wildman–Crippen MR) is 61.0 cm³/mol. The van der Waals surface area contributed by atoms with E-state index in [1.165, 1.54) is 0 Å². The number of carbonyl (C=O) groups is 1. The van der Waals surface area contributed by atoms with Crippen LogP contribution in [0.15, 0.2) is 22.8 Å². The van der Waals surface area contributed by atoms with Gasteiger partial charge in [0.05, 0.1) is 18.9 Å². The maximum absolute atomic E-state index is 11.0. The minimum Gasteiger partial charge on any atom is -0.468 e. The lowest BCUT2D eigenvalue weighted by atomic mass is 10.2. The molecule has 1 aromatic heterocycles. The first-order valence-electron chi connectivity index (χ1n) is 5.66. The third kappa shape index (κ3) is 4.49. The molecule has 1 N–H and O–H groups in total. The van der Waals surface area contributed by atoms with E-state index in [0.29, 0.717) is 13.0 Å². The maximum Gasteiger partial charge on any atom is 0.305 e. The van der Waals surface area contributed by atoms with Crippen LogP contribution >= 0.6 is 0 Å². The molecule has 0 saturated carbocycles. The van der Waals surface area contributed by atoms with Gasteiger partial charge in [-0.1, -0.05) is 0 Å². The van der Waals surface area contributed by atoms with Crippen LogP contribution in [0.5, 0.6) is 0 Å². The fraction of sp³-hybridized carbons (Fsp3) is 0.583. The molecule has 4 heteroatoms. The molecule has 1 aromatic rings. The first-order valence-corrected chi connectivity index (χ1v) is 5.66. The summed E-state index contributed by atoms with van der Waals surface area (Å²) in [6.45, 7) is 5.08. The number of ether oxygens (including phenoxy) is 1. The number of hydrogen-bond donors (Lipinski definition) is 1. The van der Waals surface area contributed by atoms with Crippen molar-refractivity contribution in [3.05, 3.63) is 24.2 Å². The van der Waals surface area contributed by atoms with Crippen molar-refractivity contribution in [3.8, 4) is 0 Å². The zero-order valence-corrected chi connectivity index (χ0v) is 9.86. The Hall–Kier alpha value is -1.29. The molecule has 0 spiro atoms. The predicted octanol–water partition coefficient (Wildman–Crippen LogP) is 2.27. The first-order chi connectivity index (χ1) is 7.74. The Kier molecular flexibility index (Phi) is 5.64. The lowest BCUT2D eigenvalue weighted by Gasteiger charge is -2.10. The molecule has 0 aromatic carbocycles. The molecular formula is C12H19NO3. The van der Waals surface area contributed by atoms with Crippen molar-refractivity contribution in [2.24, 2.45) is 0 Å². The lowest BCUT2D eigenvalue weighted by molar-refractivity contribution is -0.143. The second kappa shape index (κ2) is 7.06. The number of carbonyl (C=O) groups excluding carboxylic acids is 1. The number of rotatable bonds is 7. The average molecular weight is 225 g/mol. The van der Waals surface area contributed by atoms with Crippen LogP contribution in [0.1, 0.15) is 38.5 Å². The molecule has 0 aliphatic heterocycles. The molecule has 0 aliphatic rings. The van der Waals surface area contributed by atoms with Crippen molar-refractivity contribution in [1.82, 2.24) is 5.32 Å². The molecule has 0 amide bonds. The van der Waals surface area contributed by atoms with Gasteiger partial charge >= 0.3 is 5.97 Å². The van der Waals surface area contributed by atoms with E-state index < -0.39 is 0 Å². The number of esters is 1. The quantitative estimate of drug-likeness (QED) is 0.571. The summed E-state index contributed by atoms with van der Waals surface area (Å²) in [6.07, 6.45) is 2.90. The van der Waals surface area contributed by atoms with Gasteiger partial charge in [-0.15, -0.1) is 0 Å². The highest BCUT2D eigenvalue weighted by atomic mass is 16.5. The van der Waals surface area contributed by atoms with E-state index in [4.69, 9.17) is 9.15 Å². The fourth-order valence-corrected chi connectivity index (χ4v) is 1.42. The maximum atomic E-state index is 11.0. The van der Waals surface area contributed by atoms with Crippen LogP contribution in [-0.4, -0.2) is 19.1 Å². The third-order valence-electron chi connectivity index (χ3n) is 2.28. The molecule has 1 heterocycles. The van der Waals surface area contributed by atoms with Crippen LogP contribution < -0.4 is 5.32 Å². The summed E-state index contributed by atoms with van der Waals surface area (Å²) in [7, 11) is 0. The molecule has 0 saturated heterocycles. The van der Waals surface area contributed by atoms with Gasteiger partial charge in [-0.3, -0.25) is 4.79 Å². The zero-order chi connectivity index (χ0) is 11.8. The Balaban J connectivity index is 2.09. The van der Waals surface area contributed by atoms with E-state index in [0.717, 1.165) is 18.7 Å². The van der Waals surface area contributed by atoms with Gasteiger partial charge in [0, 0.05) is 6.42 Å². The van der Waals surface area contributed by atoms with Crippen molar-refractivity contribution >= 4 is 5.97 Å². The highest BCUT2D eigenvalue weighted by Gasteiger charge is 2.07. The Morgan fingerprint density at radius 1 is 1.62 bits per heavy atom. The van der Waals surface area contributed by atoms with Gasteiger partial charge in [0.15, 0.2) is 0 Å². The largest absolute Gasteiger partial charge is 0.468 e. The Labute approximate surface area is 96.0 Å². The van der Waals surface area contributed by atoms with Gasteiger partial charge in [0.1, 0.15) is 5.76 Å². The van der Waals surface area contributed by atoms with Crippen LogP contribution in [0.4, 0.5) is 0 Å². The van der Waals surface area contributed by atoms with Gasteiger partial charge in [-0.2, -0.15) is 0 Å². The van der Waals surface area contributed by atoms with Crippen molar-refractivity contribution in [3.63, 3.8) is 0 Å². The molecule has 0 radical (unpaired) electrons. The minimum absolute atomic E-state index is 0.130. The van der Waals surface area contributed by atoms with Gasteiger partial charge in [0.2, 0.25) is 0 Å². The molecular weight excluding hydrogens is 206 g/mol. The van der Waals surface area contributed by atoms with Crippen LogP contribution in [0.2, 0.25) is 0 Å². The summed E-state index contributed by atoms with van der Waals surface area (Å²) in [5.74, 6) is 0.783. The summed E-state index contributed by atoms with van der Waals surface area (Å²) in [4.78, 5) is 11.0. The summed E-state index contributed by atoms with van der Waals surface area (Å²) in [6, 6.07) is 3.98.